The van der Waals surface area contributed by atoms with Crippen molar-refractivity contribution in [2.75, 3.05) is 0 Å². The van der Waals surface area contributed by atoms with Crippen LogP contribution in [0.5, 0.6) is 0 Å². The molecule has 15 heteroatoms. The minimum Gasteiger partial charge on any atom is -0.171 e. The van der Waals surface area contributed by atoms with Gasteiger partial charge in [0.25, 0.3) is 0 Å². The highest BCUT2D eigenvalue weighted by atomic mass is 19.4. The van der Waals surface area contributed by atoms with E-state index in [0.29, 0.717) is 19.3 Å². The summed E-state index contributed by atoms with van der Waals surface area (Å²) < 4.78 is 198. The van der Waals surface area contributed by atoms with Gasteiger partial charge in [0.05, 0.1) is 5.92 Å². The van der Waals surface area contributed by atoms with Crippen LogP contribution < -0.4 is 0 Å². The molecule has 0 bridgehead atoms. The van der Waals surface area contributed by atoms with Crippen molar-refractivity contribution in [1.29, 1.82) is 0 Å². The van der Waals surface area contributed by atoms with E-state index in [4.69, 9.17) is 5.48 Å². The van der Waals surface area contributed by atoms with Crippen molar-refractivity contribution in [3.63, 3.8) is 0 Å². The van der Waals surface area contributed by atoms with Gasteiger partial charge in [-0.2, -0.15) is 65.9 Å². The molecule has 0 fully saturated rings. The lowest BCUT2D eigenvalue weighted by Gasteiger charge is -2.11. The molecule has 452 valence electrons. The molecule has 3 unspecified atom stereocenters. The smallest absolute Gasteiger partial charge is 0.171 e. The van der Waals surface area contributed by atoms with Crippen LogP contribution in [0.1, 0.15) is 296 Å². The molecular weight excluding hydrogens is 958 g/mol. The fourth-order valence-electron chi connectivity index (χ4n) is 1.66. The molecule has 0 amide bonds. The van der Waals surface area contributed by atoms with Gasteiger partial charge in [-0.3, -0.25) is 0 Å². The van der Waals surface area contributed by atoms with Crippen LogP contribution in [-0.2, 0) is 0 Å². The summed E-state index contributed by atoms with van der Waals surface area (Å²) in [4.78, 5) is 0. The molecule has 0 aromatic rings. The minimum absolute atomic E-state index is 0.170. The molecule has 0 rings (SSSR count). The third kappa shape index (κ3) is 204. The molecule has 0 spiro atoms. The average Bonchev–Trinajstić information content (AvgIpc) is 3.19. The van der Waals surface area contributed by atoms with Crippen LogP contribution in [-0.4, -0.2) is 30.9 Å². The molecule has 0 aliphatic carbocycles. The van der Waals surface area contributed by atoms with Crippen LogP contribution in [0, 0.1) is 47.3 Å². The van der Waals surface area contributed by atoms with Crippen LogP contribution in [0.3, 0.4) is 0 Å². The number of hydrogen-bond donors (Lipinski definition) is 0. The van der Waals surface area contributed by atoms with Crippen molar-refractivity contribution >= 4 is 0 Å². The molecule has 0 saturated carbocycles. The predicted octanol–water partition coefficient (Wildman–Crippen LogP) is 26.6. The van der Waals surface area contributed by atoms with E-state index >= 15 is 0 Å². The average molecular weight is 1090 g/mol. The quantitative estimate of drug-likeness (QED) is 0.191. The van der Waals surface area contributed by atoms with Gasteiger partial charge in [-0.1, -0.05) is 271 Å². The third-order valence-electron chi connectivity index (χ3n) is 7.32. The Kier molecular flexibility index (Phi) is 89.5. The molecule has 0 aromatic carbocycles. The molecule has 0 aliphatic heterocycles. The second-order valence-corrected chi connectivity index (χ2v) is 18.5. The van der Waals surface area contributed by atoms with Gasteiger partial charge in [0, 0.05) is 30.1 Å². The van der Waals surface area contributed by atoms with Gasteiger partial charge in [-0.25, -0.2) is 0 Å². The maximum atomic E-state index is 11.5. The van der Waals surface area contributed by atoms with E-state index in [1.165, 1.54) is 58.8 Å². The Bertz CT molecular complexity index is 943. The van der Waals surface area contributed by atoms with Gasteiger partial charge >= 0.3 is 30.9 Å². The summed E-state index contributed by atoms with van der Waals surface area (Å²) in [5, 5.41) is 0. The number of alkyl halides is 15. The second kappa shape index (κ2) is 71.0. The first-order chi connectivity index (χ1) is 32.9. The Labute approximate surface area is 439 Å². The molecule has 0 aliphatic rings. The van der Waals surface area contributed by atoms with E-state index < -0.39 is 67.8 Å². The highest BCUT2D eigenvalue weighted by Gasteiger charge is 2.34. The largest absolute Gasteiger partial charge is 0.391 e. The Morgan fingerprint density at radius 1 is 0.380 bits per heavy atom. The van der Waals surface area contributed by atoms with Crippen LogP contribution in [0.2, 0.25) is 0 Å². The monoisotopic (exact) mass is 1080 g/mol. The van der Waals surface area contributed by atoms with E-state index in [1.807, 2.05) is 41.5 Å². The van der Waals surface area contributed by atoms with Gasteiger partial charge in [0.1, 0.15) is 0 Å². The zero-order chi connectivity index (χ0) is 64.7. The summed E-state index contributed by atoms with van der Waals surface area (Å²) in [5.41, 5.74) is 0. The first kappa shape index (κ1) is 89.5. The van der Waals surface area contributed by atoms with Crippen molar-refractivity contribution in [1.82, 2.24) is 0 Å². The standard InChI is InChI=1S/2C6H11F3.C5H9F3.2C5H12.2C4H7F3.4C4H10.C3H8.C2H6/c2*1-3-5(2)4-6(7,8)9;1-3-4(2)5(6,7)8;1-4-5(2)3;1-3-5-4-2;2*1-3(2)4(5,6)7;2*1-4(2)3;2*1-3-4-2;1-3-2;1-2/h2*5H,3-4H2,1-2H3;4H,3H2,1-2H3;5H,4H2,1-3H3;3-5H2,1-2H3;2*3H,1-2H3;2*4H,1-3H3;2*3-4H2,1-2H3;3H2,1-2H3;1-2H3/i;;;;;3D;;4D;;3D2;;;. The van der Waals surface area contributed by atoms with Crippen molar-refractivity contribution < 1.29 is 71.3 Å². The van der Waals surface area contributed by atoms with Crippen LogP contribution in [0.4, 0.5) is 65.9 Å². The second-order valence-electron chi connectivity index (χ2n) is 18.5. The van der Waals surface area contributed by atoms with E-state index in [-0.39, 0.29) is 24.2 Å². The SMILES string of the molecule is CC.CC(C)C.CC(C)C(F)(F)F.CCC.CCC(C)C.CCC(C)C(F)(F)F.CCC(C)CC(F)(F)F.CCC(C)CC(F)(F)F.CCCC.CCCCC.[2H]C(C)(C)C.[2H]C(C)(C)C(F)(F)F.[2H]C([2H])(C)CC. The van der Waals surface area contributed by atoms with E-state index in [9.17, 15) is 65.9 Å². The first-order valence-corrected chi connectivity index (χ1v) is 26.2. The summed E-state index contributed by atoms with van der Waals surface area (Å²) in [6, 6.07) is 0. The lowest BCUT2D eigenvalue weighted by molar-refractivity contribution is -0.170. The molecular formula is C56H123F15. The maximum absolute atomic E-state index is 11.5. The molecule has 71 heavy (non-hydrogen) atoms. The number of hydrogen-bond acceptors (Lipinski definition) is 0. The Morgan fingerprint density at radius 3 is 0.592 bits per heavy atom. The number of halogens is 15. The van der Waals surface area contributed by atoms with Crippen molar-refractivity contribution in [3.05, 3.63) is 0 Å². The minimum atomic E-state index is -4.40. The Balaban J connectivity index is -0.0000000513. The Hall–Kier alpha value is -1.05. The zero-order valence-electron chi connectivity index (χ0n) is 55.3. The zero-order valence-corrected chi connectivity index (χ0v) is 51.3. The Morgan fingerprint density at radius 2 is 0.577 bits per heavy atom. The fourth-order valence-corrected chi connectivity index (χ4v) is 1.66. The van der Waals surface area contributed by atoms with E-state index in [1.54, 1.807) is 34.6 Å². The van der Waals surface area contributed by atoms with E-state index in [0.717, 1.165) is 39.5 Å². The normalized spacial score (nSPS) is 13.1. The molecule has 0 N–H and O–H groups in total. The summed E-state index contributed by atoms with van der Waals surface area (Å²) in [6.07, 6.45) is -11.4. The van der Waals surface area contributed by atoms with Crippen molar-refractivity contribution in [2.45, 2.75) is 322 Å². The van der Waals surface area contributed by atoms with E-state index in [2.05, 4.69) is 83.1 Å². The molecule has 3 atom stereocenters. The first-order valence-electron chi connectivity index (χ1n) is 28.2. The summed E-state index contributed by atoms with van der Waals surface area (Å²) >= 11 is 0. The van der Waals surface area contributed by atoms with Gasteiger partial charge in [-0.15, -0.1) is 0 Å². The molecule has 0 aromatic heterocycles. The molecule has 0 heterocycles. The van der Waals surface area contributed by atoms with Crippen molar-refractivity contribution in [3.8, 4) is 0 Å². The lowest BCUT2D eigenvalue weighted by Crippen LogP contribution is -2.18. The molecule has 0 nitrogen and oxygen atoms in total. The number of unbranched alkanes of at least 4 members (excludes halogenated alkanes) is 3. The van der Waals surface area contributed by atoms with Crippen LogP contribution in [0.15, 0.2) is 0 Å². The van der Waals surface area contributed by atoms with Gasteiger partial charge in [0.15, 0.2) is 0 Å². The van der Waals surface area contributed by atoms with Gasteiger partial charge < -0.3 is 0 Å². The third-order valence-corrected chi connectivity index (χ3v) is 7.32. The van der Waals surface area contributed by atoms with Crippen molar-refractivity contribution in [2.24, 2.45) is 47.3 Å². The summed E-state index contributed by atoms with van der Waals surface area (Å²) in [7, 11) is 0. The molecule has 0 radical (unpaired) electrons. The summed E-state index contributed by atoms with van der Waals surface area (Å²) in [6.45, 7) is 52.5. The molecule has 0 saturated heterocycles. The maximum Gasteiger partial charge on any atom is 0.391 e. The van der Waals surface area contributed by atoms with Gasteiger partial charge in [-0.05, 0) is 36.0 Å². The highest BCUT2D eigenvalue weighted by molar-refractivity contribution is 4.59. The number of rotatable bonds is 10. The van der Waals surface area contributed by atoms with Crippen LogP contribution >= 0.6 is 0 Å². The lowest BCUT2D eigenvalue weighted by atomic mass is 10.1. The van der Waals surface area contributed by atoms with Crippen LogP contribution in [0.25, 0.3) is 0 Å². The summed E-state index contributed by atoms with van der Waals surface area (Å²) in [5.74, 6) is -3.66. The topological polar surface area (TPSA) is 0 Å². The van der Waals surface area contributed by atoms with Gasteiger partial charge in [0.2, 0.25) is 0 Å². The fraction of sp³-hybridized carbons (Fsp3) is 1.00. The predicted molar refractivity (Wildman–Crippen MR) is 287 cm³/mol. The highest BCUT2D eigenvalue weighted by Crippen LogP contribution is 2.28.